The number of methoxy groups -OCH3 is 1. The highest BCUT2D eigenvalue weighted by Gasteiger charge is 2.16. The van der Waals surface area contributed by atoms with Crippen LogP contribution in [-0.2, 0) is 13.0 Å². The van der Waals surface area contributed by atoms with Crippen molar-refractivity contribution in [3.8, 4) is 11.6 Å². The number of carbonyl (C=O) groups is 1. The highest BCUT2D eigenvalue weighted by atomic mass is 35.5. The first-order chi connectivity index (χ1) is 15.9. The average molecular weight is 468 g/mol. The maximum Gasteiger partial charge on any atom is 0.255 e. The zero-order valence-electron chi connectivity index (χ0n) is 17.5. The first-order valence-corrected chi connectivity index (χ1v) is 10.3. The summed E-state index contributed by atoms with van der Waals surface area (Å²) in [7, 11) is 1.51. The third-order valence-corrected chi connectivity index (χ3v) is 5.48. The number of carbonyl (C=O) groups excluding carboxylic acids is 1. The predicted molar refractivity (Wildman–Crippen MR) is 122 cm³/mol. The number of aromatic nitrogens is 2. The second-order valence-electron chi connectivity index (χ2n) is 7.36. The molecule has 4 rings (SSSR count). The van der Waals surface area contributed by atoms with E-state index in [1.165, 1.54) is 25.3 Å². The Morgan fingerprint density at radius 3 is 2.76 bits per heavy atom. The largest absolute Gasteiger partial charge is 0.507 e. The molecule has 2 heterocycles. The fourth-order valence-corrected chi connectivity index (χ4v) is 3.55. The van der Waals surface area contributed by atoms with Crippen molar-refractivity contribution in [3.63, 3.8) is 0 Å². The molecule has 0 spiro atoms. The number of benzene rings is 2. The van der Waals surface area contributed by atoms with Crippen molar-refractivity contribution in [1.29, 1.82) is 0 Å². The van der Waals surface area contributed by atoms with Crippen molar-refractivity contribution in [2.75, 3.05) is 7.11 Å². The van der Waals surface area contributed by atoms with Crippen LogP contribution in [0.15, 0.2) is 59.5 Å². The molecule has 0 unspecified atom stereocenters. The number of hydrogen-bond acceptors (Lipinski definition) is 5. The van der Waals surface area contributed by atoms with Crippen molar-refractivity contribution >= 4 is 28.4 Å². The first kappa shape index (κ1) is 22.3. The SMILES string of the molecule is COc1cc(CNC(=O)c2ccc3[nH]c(=O)c(Cc4ccc(Cl)c(F)c4)c(O)c3c2)ccn1. The second kappa shape index (κ2) is 9.30. The maximum absolute atomic E-state index is 13.8. The summed E-state index contributed by atoms with van der Waals surface area (Å²) in [6, 6.07) is 12.2. The molecule has 0 fully saturated rings. The number of nitrogens with zero attached hydrogens (tertiary/aromatic N) is 1. The molecule has 2 aromatic carbocycles. The molecule has 4 aromatic rings. The van der Waals surface area contributed by atoms with Gasteiger partial charge < -0.3 is 20.1 Å². The van der Waals surface area contributed by atoms with Crippen LogP contribution in [0.2, 0.25) is 5.02 Å². The number of aromatic hydroxyl groups is 1. The van der Waals surface area contributed by atoms with Crippen LogP contribution in [0.1, 0.15) is 27.0 Å². The number of amides is 1. The van der Waals surface area contributed by atoms with Gasteiger partial charge >= 0.3 is 0 Å². The van der Waals surface area contributed by atoms with Gasteiger partial charge in [0.25, 0.3) is 11.5 Å². The summed E-state index contributed by atoms with van der Waals surface area (Å²) in [5, 5.41) is 13.9. The van der Waals surface area contributed by atoms with Crippen LogP contribution < -0.4 is 15.6 Å². The third kappa shape index (κ3) is 4.80. The van der Waals surface area contributed by atoms with E-state index in [0.717, 1.165) is 5.56 Å². The Labute approximate surface area is 192 Å². The Hall–Kier alpha value is -3.91. The normalized spacial score (nSPS) is 10.9. The molecule has 3 N–H and O–H groups in total. The van der Waals surface area contributed by atoms with E-state index < -0.39 is 11.4 Å². The minimum atomic E-state index is -0.614. The number of H-pyrrole nitrogens is 1. The average Bonchev–Trinajstić information content (AvgIpc) is 2.82. The summed E-state index contributed by atoms with van der Waals surface area (Å²) in [6.45, 7) is 0.251. The molecule has 1 amide bonds. The van der Waals surface area contributed by atoms with Crippen LogP contribution in [-0.4, -0.2) is 28.1 Å². The van der Waals surface area contributed by atoms with E-state index in [4.69, 9.17) is 16.3 Å². The van der Waals surface area contributed by atoms with Crippen molar-refractivity contribution < 1.29 is 19.0 Å². The summed E-state index contributed by atoms with van der Waals surface area (Å²) in [6.07, 6.45) is 1.57. The molecule has 0 saturated heterocycles. The molecule has 0 radical (unpaired) electrons. The van der Waals surface area contributed by atoms with Gasteiger partial charge in [-0.2, -0.15) is 0 Å². The fraction of sp³-hybridized carbons (Fsp3) is 0.125. The van der Waals surface area contributed by atoms with Crippen molar-refractivity contribution in [3.05, 3.63) is 98.2 Å². The lowest BCUT2D eigenvalue weighted by Gasteiger charge is -2.10. The molecule has 168 valence electrons. The monoisotopic (exact) mass is 467 g/mol. The number of rotatable bonds is 6. The van der Waals surface area contributed by atoms with Gasteiger partial charge in [-0.15, -0.1) is 0 Å². The number of halogens is 2. The third-order valence-electron chi connectivity index (χ3n) is 5.17. The highest BCUT2D eigenvalue weighted by Crippen LogP contribution is 2.28. The first-order valence-electron chi connectivity index (χ1n) is 9.94. The zero-order valence-corrected chi connectivity index (χ0v) is 18.2. The Balaban J connectivity index is 1.61. The molecule has 0 aliphatic heterocycles. The molecular weight excluding hydrogens is 449 g/mol. The number of fused-ring (bicyclic) bond motifs is 1. The number of pyridine rings is 2. The number of aromatic amines is 1. The zero-order chi connectivity index (χ0) is 23.5. The summed E-state index contributed by atoms with van der Waals surface area (Å²) in [4.78, 5) is 31.9. The standard InChI is InChI=1S/C24H19ClFN3O4/c1-33-21-10-14(6-7-27-21)12-28-23(31)15-3-5-20-16(11-15)22(30)17(24(32)29-20)8-13-2-4-18(25)19(26)9-13/h2-7,9-11H,8,12H2,1H3,(H,28,31)(H2,29,30,32). The number of hydrogen-bond donors (Lipinski definition) is 3. The van der Waals surface area contributed by atoms with Crippen LogP contribution >= 0.6 is 11.6 Å². The van der Waals surface area contributed by atoms with Gasteiger partial charge in [0.1, 0.15) is 11.6 Å². The smallest absolute Gasteiger partial charge is 0.255 e. The van der Waals surface area contributed by atoms with Crippen LogP contribution in [0, 0.1) is 5.82 Å². The van der Waals surface area contributed by atoms with Gasteiger partial charge in [-0.25, -0.2) is 9.37 Å². The van der Waals surface area contributed by atoms with E-state index in [2.05, 4.69) is 15.3 Å². The molecule has 0 saturated carbocycles. The van der Waals surface area contributed by atoms with E-state index >= 15 is 0 Å². The summed E-state index contributed by atoms with van der Waals surface area (Å²) in [5.74, 6) is -0.802. The summed E-state index contributed by atoms with van der Waals surface area (Å²) in [5.41, 5.74) is 1.51. The van der Waals surface area contributed by atoms with Gasteiger partial charge in [-0.05, 0) is 47.5 Å². The fourth-order valence-electron chi connectivity index (χ4n) is 3.43. The van der Waals surface area contributed by atoms with Crippen molar-refractivity contribution in [1.82, 2.24) is 15.3 Å². The van der Waals surface area contributed by atoms with Gasteiger partial charge in [0.2, 0.25) is 5.88 Å². The van der Waals surface area contributed by atoms with Crippen LogP contribution in [0.3, 0.4) is 0 Å². The maximum atomic E-state index is 13.8. The lowest BCUT2D eigenvalue weighted by Crippen LogP contribution is -2.23. The second-order valence-corrected chi connectivity index (χ2v) is 7.76. The van der Waals surface area contributed by atoms with Crippen LogP contribution in [0.25, 0.3) is 10.9 Å². The summed E-state index contributed by atoms with van der Waals surface area (Å²) >= 11 is 5.71. The molecule has 0 atom stereocenters. The molecule has 0 aliphatic rings. The molecule has 2 aromatic heterocycles. The highest BCUT2D eigenvalue weighted by molar-refractivity contribution is 6.30. The molecule has 33 heavy (non-hydrogen) atoms. The molecule has 0 bridgehead atoms. The Bertz CT molecular complexity index is 1420. The Kier molecular flexibility index (Phi) is 6.28. The minimum Gasteiger partial charge on any atom is -0.507 e. The Morgan fingerprint density at radius 1 is 1.18 bits per heavy atom. The van der Waals surface area contributed by atoms with E-state index in [9.17, 15) is 19.1 Å². The molecular formula is C24H19ClFN3O4. The molecule has 0 aliphatic carbocycles. The van der Waals surface area contributed by atoms with Gasteiger partial charge in [-0.1, -0.05) is 17.7 Å². The lowest BCUT2D eigenvalue weighted by atomic mass is 10.0. The predicted octanol–water partition coefficient (Wildman–Crippen LogP) is 3.95. The topological polar surface area (TPSA) is 104 Å². The van der Waals surface area contributed by atoms with E-state index in [1.807, 2.05) is 0 Å². The number of nitrogens with one attached hydrogen (secondary N) is 2. The van der Waals surface area contributed by atoms with Gasteiger partial charge in [0, 0.05) is 36.2 Å². The quantitative estimate of drug-likeness (QED) is 0.398. The van der Waals surface area contributed by atoms with Crippen LogP contribution in [0.4, 0.5) is 4.39 Å². The van der Waals surface area contributed by atoms with Crippen molar-refractivity contribution in [2.45, 2.75) is 13.0 Å². The van der Waals surface area contributed by atoms with Gasteiger partial charge in [0.15, 0.2) is 0 Å². The molecule has 9 heteroatoms. The van der Waals surface area contributed by atoms with Gasteiger partial charge in [-0.3, -0.25) is 9.59 Å². The lowest BCUT2D eigenvalue weighted by molar-refractivity contribution is 0.0951. The van der Waals surface area contributed by atoms with Gasteiger partial charge in [0.05, 0.1) is 23.2 Å². The van der Waals surface area contributed by atoms with Crippen LogP contribution in [0.5, 0.6) is 11.6 Å². The number of ether oxygens (including phenoxy) is 1. The van der Waals surface area contributed by atoms with E-state index in [-0.39, 0.29) is 35.2 Å². The van der Waals surface area contributed by atoms with E-state index in [1.54, 1.807) is 36.5 Å². The van der Waals surface area contributed by atoms with E-state index in [0.29, 0.717) is 27.9 Å². The van der Waals surface area contributed by atoms with Crippen molar-refractivity contribution in [2.24, 2.45) is 0 Å². The summed E-state index contributed by atoms with van der Waals surface area (Å²) < 4.78 is 18.9. The minimum absolute atomic E-state index is 0.00844. The molecule has 7 nitrogen and oxygen atoms in total. The Morgan fingerprint density at radius 2 is 2.00 bits per heavy atom.